The van der Waals surface area contributed by atoms with Crippen molar-refractivity contribution in [2.24, 2.45) is 17.8 Å². The third-order valence-corrected chi connectivity index (χ3v) is 4.25. The highest BCUT2D eigenvalue weighted by atomic mass is 127. The summed E-state index contributed by atoms with van der Waals surface area (Å²) in [6.45, 7) is 4.11. The van der Waals surface area contributed by atoms with E-state index in [-0.39, 0.29) is 24.0 Å². The monoisotopic (exact) mass is 533 g/mol. The number of amides is 1. The second-order valence-corrected chi connectivity index (χ2v) is 6.76. The molecule has 0 aliphatic rings. The topological polar surface area (TPSA) is 75.6 Å². The van der Waals surface area contributed by atoms with Crippen molar-refractivity contribution < 1.29 is 4.79 Å². The summed E-state index contributed by atoms with van der Waals surface area (Å²) in [7, 11) is 4.04. The van der Waals surface area contributed by atoms with Gasteiger partial charge >= 0.3 is 0 Å². The third-order valence-electron chi connectivity index (χ3n) is 3.82. The molecule has 1 amide bonds. The first-order valence-corrected chi connectivity index (χ1v) is 8.89. The van der Waals surface area contributed by atoms with E-state index in [0.29, 0.717) is 12.1 Å². The van der Waals surface area contributed by atoms with E-state index in [4.69, 9.17) is 5.73 Å². The summed E-state index contributed by atoms with van der Waals surface area (Å²) in [4.78, 5) is 17.9. The second kappa shape index (κ2) is 10.6. The molecule has 0 aliphatic carbocycles. The van der Waals surface area contributed by atoms with Crippen LogP contribution < -0.4 is 11.1 Å². The molecule has 0 saturated heterocycles. The largest absolute Gasteiger partial charge is 0.366 e. The zero-order valence-corrected chi connectivity index (χ0v) is 19.1. The van der Waals surface area contributed by atoms with Crippen molar-refractivity contribution in [3.8, 4) is 0 Å². The Balaban J connectivity index is 0.00000338. The number of hydrogen-bond acceptors (Lipinski definition) is 2. The van der Waals surface area contributed by atoms with Crippen LogP contribution in [0, 0.1) is 0 Å². The maximum absolute atomic E-state index is 11.1. The van der Waals surface area contributed by atoms with Gasteiger partial charge in [-0.15, -0.1) is 24.0 Å². The molecule has 6 nitrogen and oxygen atoms in total. The molecule has 0 bridgehead atoms. The van der Waals surface area contributed by atoms with E-state index in [1.54, 1.807) is 12.1 Å². The zero-order chi connectivity index (χ0) is 18.4. The molecule has 142 valence electrons. The van der Waals surface area contributed by atoms with Crippen molar-refractivity contribution >= 4 is 51.8 Å². The van der Waals surface area contributed by atoms with Crippen molar-refractivity contribution in [2.75, 3.05) is 13.6 Å². The number of nitrogens with zero attached hydrogens (tertiary/aromatic N) is 3. The van der Waals surface area contributed by atoms with Gasteiger partial charge in [0.15, 0.2) is 5.96 Å². The van der Waals surface area contributed by atoms with E-state index in [1.807, 2.05) is 39.3 Å². The molecular formula is C18H25BrIN5O. The van der Waals surface area contributed by atoms with Crippen LogP contribution in [0.2, 0.25) is 0 Å². The van der Waals surface area contributed by atoms with Crippen molar-refractivity contribution in [1.82, 2.24) is 14.8 Å². The fourth-order valence-electron chi connectivity index (χ4n) is 2.45. The number of guanidine groups is 1. The fraction of sp³-hybridized carbons (Fsp3) is 0.333. The molecule has 26 heavy (non-hydrogen) atoms. The molecule has 0 saturated carbocycles. The van der Waals surface area contributed by atoms with E-state index >= 15 is 0 Å². The maximum Gasteiger partial charge on any atom is 0.248 e. The molecular weight excluding hydrogens is 509 g/mol. The average molecular weight is 534 g/mol. The summed E-state index contributed by atoms with van der Waals surface area (Å²) >= 11 is 3.50. The molecule has 2 aromatic rings. The Hall–Kier alpha value is -1.55. The first-order chi connectivity index (χ1) is 11.9. The van der Waals surface area contributed by atoms with Gasteiger partial charge in [-0.1, -0.05) is 12.1 Å². The number of carbonyl (C=O) groups is 1. The molecule has 1 heterocycles. The Labute approximate surface area is 180 Å². The maximum atomic E-state index is 11.1. The van der Waals surface area contributed by atoms with E-state index in [2.05, 4.69) is 41.8 Å². The minimum Gasteiger partial charge on any atom is -0.366 e. The number of aryl methyl sites for hydroxylation is 1. The lowest BCUT2D eigenvalue weighted by atomic mass is 10.1. The van der Waals surface area contributed by atoms with Crippen molar-refractivity contribution in [2.45, 2.75) is 20.0 Å². The van der Waals surface area contributed by atoms with Crippen LogP contribution in [0.3, 0.4) is 0 Å². The van der Waals surface area contributed by atoms with Crippen molar-refractivity contribution in [1.29, 1.82) is 0 Å². The van der Waals surface area contributed by atoms with E-state index < -0.39 is 5.91 Å². The van der Waals surface area contributed by atoms with Crippen LogP contribution in [-0.2, 0) is 20.1 Å². The number of carbonyl (C=O) groups excluding carboxylic acids is 1. The number of rotatable bonds is 6. The summed E-state index contributed by atoms with van der Waals surface area (Å²) in [5, 5.41) is 3.31. The van der Waals surface area contributed by atoms with Gasteiger partial charge < -0.3 is 20.5 Å². The number of primary amides is 1. The minimum absolute atomic E-state index is 0. The molecule has 1 aromatic heterocycles. The first-order valence-electron chi connectivity index (χ1n) is 8.09. The number of hydrogen-bond donors (Lipinski definition) is 2. The highest BCUT2D eigenvalue weighted by molar-refractivity contribution is 14.0. The average Bonchev–Trinajstić information content (AvgIpc) is 2.89. The summed E-state index contributed by atoms with van der Waals surface area (Å²) in [6.07, 6.45) is 2.04. The molecule has 0 fully saturated rings. The summed E-state index contributed by atoms with van der Waals surface area (Å²) in [5.74, 6) is 0.413. The Morgan fingerprint density at radius 1 is 1.35 bits per heavy atom. The van der Waals surface area contributed by atoms with Crippen LogP contribution in [0.5, 0.6) is 0 Å². The molecule has 0 radical (unpaired) electrons. The van der Waals surface area contributed by atoms with Gasteiger partial charge in [0.05, 0.1) is 13.1 Å². The number of nitrogens with one attached hydrogen (secondary N) is 1. The van der Waals surface area contributed by atoms with E-state index in [9.17, 15) is 4.79 Å². The SMILES string of the molecule is CCNC(=NCc1ccc(C(N)=O)cc1)N(C)Cc1cc(Br)cn1C.I. The molecule has 1 aromatic carbocycles. The summed E-state index contributed by atoms with van der Waals surface area (Å²) in [6, 6.07) is 9.31. The van der Waals surface area contributed by atoms with Crippen molar-refractivity contribution in [3.63, 3.8) is 0 Å². The smallest absolute Gasteiger partial charge is 0.248 e. The van der Waals surface area contributed by atoms with Crippen LogP contribution in [0.4, 0.5) is 0 Å². The minimum atomic E-state index is -0.420. The standard InChI is InChI=1S/C18H24BrN5O.HI/c1-4-21-18(24(3)12-16-9-15(19)11-23(16)2)22-10-13-5-7-14(8-6-13)17(20)25;/h5-9,11H,4,10,12H2,1-3H3,(H2,20,25)(H,21,22);1H. The summed E-state index contributed by atoms with van der Waals surface area (Å²) in [5.41, 5.74) is 7.98. The lowest BCUT2D eigenvalue weighted by Gasteiger charge is -2.22. The Kier molecular flexibility index (Phi) is 9.14. The lowest BCUT2D eigenvalue weighted by molar-refractivity contribution is 0.100. The number of aliphatic imine (C=N–C) groups is 1. The second-order valence-electron chi connectivity index (χ2n) is 5.85. The Morgan fingerprint density at radius 2 is 2.00 bits per heavy atom. The molecule has 8 heteroatoms. The highest BCUT2D eigenvalue weighted by Gasteiger charge is 2.09. The van der Waals surface area contributed by atoms with Gasteiger partial charge in [0, 0.05) is 42.6 Å². The van der Waals surface area contributed by atoms with E-state index in [0.717, 1.165) is 29.1 Å². The van der Waals surface area contributed by atoms with Crippen LogP contribution in [0.1, 0.15) is 28.5 Å². The molecule has 2 rings (SSSR count). The van der Waals surface area contributed by atoms with Gasteiger partial charge in [0.2, 0.25) is 5.91 Å². The van der Waals surface area contributed by atoms with Crippen LogP contribution in [0.25, 0.3) is 0 Å². The molecule has 0 aliphatic heterocycles. The highest BCUT2D eigenvalue weighted by Crippen LogP contribution is 2.15. The number of aromatic nitrogens is 1. The van der Waals surface area contributed by atoms with Crippen LogP contribution in [-0.4, -0.2) is 34.9 Å². The quantitative estimate of drug-likeness (QED) is 0.340. The predicted octanol–water partition coefficient (Wildman–Crippen LogP) is 3.10. The zero-order valence-electron chi connectivity index (χ0n) is 15.2. The number of nitrogens with two attached hydrogens (primary N) is 1. The van der Waals surface area contributed by atoms with E-state index in [1.165, 1.54) is 5.69 Å². The van der Waals surface area contributed by atoms with Gasteiger partial charge in [-0.3, -0.25) is 4.79 Å². The molecule has 0 spiro atoms. The van der Waals surface area contributed by atoms with Crippen LogP contribution >= 0.6 is 39.9 Å². The normalized spacial score (nSPS) is 11.0. The molecule has 0 unspecified atom stereocenters. The van der Waals surface area contributed by atoms with Gasteiger partial charge in [-0.05, 0) is 46.6 Å². The van der Waals surface area contributed by atoms with Gasteiger partial charge in [0.1, 0.15) is 0 Å². The molecule has 3 N–H and O–H groups in total. The number of benzene rings is 1. The third kappa shape index (κ3) is 6.31. The Bertz CT molecular complexity index is 757. The van der Waals surface area contributed by atoms with Gasteiger partial charge in [-0.2, -0.15) is 0 Å². The number of halogens is 2. The molecule has 0 atom stereocenters. The van der Waals surface area contributed by atoms with Gasteiger partial charge in [-0.25, -0.2) is 4.99 Å². The summed E-state index contributed by atoms with van der Waals surface area (Å²) < 4.78 is 3.15. The van der Waals surface area contributed by atoms with Crippen LogP contribution in [0.15, 0.2) is 46.0 Å². The van der Waals surface area contributed by atoms with Gasteiger partial charge in [0.25, 0.3) is 0 Å². The Morgan fingerprint density at radius 3 is 2.50 bits per heavy atom. The van der Waals surface area contributed by atoms with Crippen molar-refractivity contribution in [3.05, 3.63) is 57.8 Å². The predicted molar refractivity (Wildman–Crippen MR) is 120 cm³/mol. The fourth-order valence-corrected chi connectivity index (χ4v) is 3.02. The first kappa shape index (κ1) is 22.5. The lowest BCUT2D eigenvalue weighted by Crippen LogP contribution is -2.38.